The molecule has 5 N–H and O–H groups in total. The van der Waals surface area contributed by atoms with Gasteiger partial charge in [0.2, 0.25) is 10.0 Å². The summed E-state index contributed by atoms with van der Waals surface area (Å²) in [5.41, 5.74) is 1.03. The van der Waals surface area contributed by atoms with E-state index >= 15 is 0 Å². The highest BCUT2D eigenvalue weighted by atomic mass is 32.2. The third-order valence-electron chi connectivity index (χ3n) is 3.43. The number of sulfonamides is 1. The highest BCUT2D eigenvalue weighted by Gasteiger charge is 2.11. The second-order valence-corrected chi connectivity index (χ2v) is 6.62. The molecule has 0 saturated carbocycles. The van der Waals surface area contributed by atoms with Gasteiger partial charge < -0.3 is 15.5 Å². The van der Waals surface area contributed by atoms with Crippen LogP contribution in [0.25, 0.3) is 10.8 Å². The van der Waals surface area contributed by atoms with Crippen LogP contribution >= 0.6 is 0 Å². The van der Waals surface area contributed by atoms with Crippen molar-refractivity contribution in [3.05, 3.63) is 54.6 Å². The molecule has 118 valence electrons. The number of hydrogen-bond acceptors (Lipinski definition) is 5. The molecule has 0 atom stereocenters. The van der Waals surface area contributed by atoms with Gasteiger partial charge in [0, 0.05) is 17.1 Å². The number of primary sulfonamides is 1. The average molecular weight is 330 g/mol. The molecule has 0 heterocycles. The number of aromatic hydroxyl groups is 2. The molecule has 0 amide bonds. The van der Waals surface area contributed by atoms with Crippen molar-refractivity contribution in [1.29, 1.82) is 0 Å². The van der Waals surface area contributed by atoms with Gasteiger partial charge in [-0.15, -0.1) is 0 Å². The molecular formula is C16H14N2O4S. The maximum absolute atomic E-state index is 11.3. The van der Waals surface area contributed by atoms with E-state index in [4.69, 9.17) is 5.14 Å². The Morgan fingerprint density at radius 3 is 2.39 bits per heavy atom. The SMILES string of the molecule is NS(=O)(=O)c1ccc(Nc2ccc3c(O)cccc3c2)c(O)c1. The topological polar surface area (TPSA) is 113 Å². The average Bonchev–Trinajstić information content (AvgIpc) is 2.48. The van der Waals surface area contributed by atoms with E-state index in [0.717, 1.165) is 11.5 Å². The Morgan fingerprint density at radius 1 is 0.913 bits per heavy atom. The summed E-state index contributed by atoms with van der Waals surface area (Å²) in [6.45, 7) is 0. The van der Waals surface area contributed by atoms with Gasteiger partial charge in [0.05, 0.1) is 10.6 Å². The molecule has 7 heteroatoms. The van der Waals surface area contributed by atoms with Gasteiger partial charge in [-0.05, 0) is 41.8 Å². The number of hydrogen-bond donors (Lipinski definition) is 4. The summed E-state index contributed by atoms with van der Waals surface area (Å²) in [6.07, 6.45) is 0. The van der Waals surface area contributed by atoms with Crippen LogP contribution in [0.2, 0.25) is 0 Å². The van der Waals surface area contributed by atoms with E-state index in [2.05, 4.69) is 5.32 Å². The number of nitrogens with one attached hydrogen (secondary N) is 1. The standard InChI is InChI=1S/C16H14N2O4S/c17-23(21,22)12-5-7-14(16(20)9-12)18-11-4-6-13-10(8-11)2-1-3-15(13)19/h1-9,18-20H,(H2,17,21,22). The number of fused-ring (bicyclic) bond motifs is 1. The van der Waals surface area contributed by atoms with E-state index in [9.17, 15) is 18.6 Å². The first-order valence-electron chi connectivity index (χ1n) is 6.69. The summed E-state index contributed by atoms with van der Waals surface area (Å²) in [5.74, 6) is -0.0399. The molecule has 0 bridgehead atoms. The van der Waals surface area contributed by atoms with Crippen molar-refractivity contribution in [2.45, 2.75) is 4.90 Å². The van der Waals surface area contributed by atoms with Crippen molar-refractivity contribution in [2.24, 2.45) is 5.14 Å². The Labute approximate surface area is 132 Å². The van der Waals surface area contributed by atoms with Crippen molar-refractivity contribution in [2.75, 3.05) is 5.32 Å². The molecule has 0 aromatic heterocycles. The lowest BCUT2D eigenvalue weighted by atomic mass is 10.1. The van der Waals surface area contributed by atoms with Crippen LogP contribution in [0, 0.1) is 0 Å². The van der Waals surface area contributed by atoms with Crippen molar-refractivity contribution in [3.63, 3.8) is 0 Å². The van der Waals surface area contributed by atoms with E-state index in [0.29, 0.717) is 16.8 Å². The minimum Gasteiger partial charge on any atom is -0.507 e. The summed E-state index contributed by atoms with van der Waals surface area (Å²) < 4.78 is 22.5. The number of nitrogens with two attached hydrogens (primary N) is 1. The number of phenolic OH excluding ortho intramolecular Hbond substituents is 2. The third kappa shape index (κ3) is 3.05. The first kappa shape index (κ1) is 15.1. The van der Waals surface area contributed by atoms with Crippen LogP contribution in [0.1, 0.15) is 0 Å². The van der Waals surface area contributed by atoms with E-state index < -0.39 is 10.0 Å². The van der Waals surface area contributed by atoms with Crippen LogP contribution in [0.4, 0.5) is 11.4 Å². The molecule has 0 aliphatic heterocycles. The predicted octanol–water partition coefficient (Wildman–Crippen LogP) is 2.64. The number of rotatable bonds is 3. The lowest BCUT2D eigenvalue weighted by Crippen LogP contribution is -2.11. The molecule has 3 aromatic carbocycles. The minimum absolute atomic E-state index is 0.163. The zero-order valence-electron chi connectivity index (χ0n) is 11.9. The fourth-order valence-electron chi connectivity index (χ4n) is 2.29. The smallest absolute Gasteiger partial charge is 0.238 e. The largest absolute Gasteiger partial charge is 0.507 e. The molecule has 0 spiro atoms. The molecule has 6 nitrogen and oxygen atoms in total. The van der Waals surface area contributed by atoms with E-state index in [-0.39, 0.29) is 16.4 Å². The van der Waals surface area contributed by atoms with Crippen LogP contribution in [0.5, 0.6) is 11.5 Å². The molecule has 0 aliphatic rings. The molecule has 0 aliphatic carbocycles. The van der Waals surface area contributed by atoms with Gasteiger partial charge >= 0.3 is 0 Å². The fourth-order valence-corrected chi connectivity index (χ4v) is 2.83. The lowest BCUT2D eigenvalue weighted by molar-refractivity contribution is 0.475. The van der Waals surface area contributed by atoms with Gasteiger partial charge in [0.15, 0.2) is 0 Å². The first-order chi connectivity index (χ1) is 10.8. The third-order valence-corrected chi connectivity index (χ3v) is 4.35. The molecule has 0 unspecified atom stereocenters. The Kier molecular flexibility index (Phi) is 3.59. The van der Waals surface area contributed by atoms with Gasteiger partial charge in [-0.25, -0.2) is 13.6 Å². The van der Waals surface area contributed by atoms with Crippen LogP contribution in [0.3, 0.4) is 0 Å². The van der Waals surface area contributed by atoms with E-state index in [1.807, 2.05) is 12.1 Å². The van der Waals surface area contributed by atoms with Crippen molar-refractivity contribution < 1.29 is 18.6 Å². The molecule has 3 aromatic rings. The first-order valence-corrected chi connectivity index (χ1v) is 8.24. The summed E-state index contributed by atoms with van der Waals surface area (Å²) in [6, 6.07) is 14.3. The predicted molar refractivity (Wildman–Crippen MR) is 88.4 cm³/mol. The van der Waals surface area contributed by atoms with Gasteiger partial charge in [-0.2, -0.15) is 0 Å². The van der Waals surface area contributed by atoms with Gasteiger partial charge in [-0.1, -0.05) is 12.1 Å². The van der Waals surface area contributed by atoms with Crippen molar-refractivity contribution >= 4 is 32.2 Å². The van der Waals surface area contributed by atoms with Crippen LogP contribution in [-0.4, -0.2) is 18.6 Å². The highest BCUT2D eigenvalue weighted by Crippen LogP contribution is 2.31. The van der Waals surface area contributed by atoms with Crippen LogP contribution in [-0.2, 0) is 10.0 Å². The Balaban J connectivity index is 1.96. The van der Waals surface area contributed by atoms with E-state index in [1.54, 1.807) is 24.3 Å². The quantitative estimate of drug-likeness (QED) is 0.551. The minimum atomic E-state index is -3.86. The summed E-state index contributed by atoms with van der Waals surface area (Å²) in [5, 5.41) is 29.3. The maximum atomic E-state index is 11.3. The monoisotopic (exact) mass is 330 g/mol. The molecule has 3 rings (SSSR count). The molecule has 0 saturated heterocycles. The summed E-state index contributed by atoms with van der Waals surface area (Å²) >= 11 is 0. The molecule has 0 radical (unpaired) electrons. The molecular weight excluding hydrogens is 316 g/mol. The van der Waals surface area contributed by atoms with Crippen LogP contribution < -0.4 is 10.5 Å². The van der Waals surface area contributed by atoms with Gasteiger partial charge in [0.1, 0.15) is 11.5 Å². The zero-order chi connectivity index (χ0) is 16.6. The van der Waals surface area contributed by atoms with Gasteiger partial charge in [0.25, 0.3) is 0 Å². The molecule has 23 heavy (non-hydrogen) atoms. The second kappa shape index (κ2) is 5.45. The fraction of sp³-hybridized carbons (Fsp3) is 0. The van der Waals surface area contributed by atoms with Crippen molar-refractivity contribution in [3.8, 4) is 11.5 Å². The molecule has 0 fully saturated rings. The highest BCUT2D eigenvalue weighted by molar-refractivity contribution is 7.89. The van der Waals surface area contributed by atoms with E-state index in [1.165, 1.54) is 12.1 Å². The lowest BCUT2D eigenvalue weighted by Gasteiger charge is -2.11. The Hall–Kier alpha value is -2.77. The van der Waals surface area contributed by atoms with Crippen molar-refractivity contribution in [1.82, 2.24) is 0 Å². The Bertz CT molecular complexity index is 1000. The number of phenols is 2. The zero-order valence-corrected chi connectivity index (χ0v) is 12.7. The van der Waals surface area contributed by atoms with Crippen LogP contribution in [0.15, 0.2) is 59.5 Å². The summed E-state index contributed by atoms with van der Waals surface area (Å²) in [7, 11) is -3.86. The number of anilines is 2. The Morgan fingerprint density at radius 2 is 1.70 bits per heavy atom. The normalized spacial score (nSPS) is 11.5. The maximum Gasteiger partial charge on any atom is 0.238 e. The number of benzene rings is 3. The second-order valence-electron chi connectivity index (χ2n) is 5.06. The van der Waals surface area contributed by atoms with Gasteiger partial charge in [-0.3, -0.25) is 0 Å². The summed E-state index contributed by atoms with van der Waals surface area (Å²) in [4.78, 5) is -0.163.